The van der Waals surface area contributed by atoms with Crippen molar-refractivity contribution in [3.63, 3.8) is 0 Å². The first-order chi connectivity index (χ1) is 14.1. The summed E-state index contributed by atoms with van der Waals surface area (Å²) < 4.78 is 20.6. The lowest BCUT2D eigenvalue weighted by atomic mass is 10.3. The molecule has 2 aromatic rings. The van der Waals surface area contributed by atoms with Gasteiger partial charge in [-0.1, -0.05) is 40.2 Å². The highest BCUT2D eigenvalue weighted by Crippen LogP contribution is 2.29. The maximum absolute atomic E-state index is 9.48. The van der Waals surface area contributed by atoms with Crippen LogP contribution in [-0.4, -0.2) is 60.3 Å². The average molecular weight is 505 g/mol. The summed E-state index contributed by atoms with van der Waals surface area (Å²) in [4.78, 5) is 1.49. The number of thiol groups is 1. The summed E-state index contributed by atoms with van der Waals surface area (Å²) in [5.74, 6) is 1.27. The smallest absolute Gasteiger partial charge is 0.167 e. The number of thioether (sulfide) groups is 1. The summed E-state index contributed by atoms with van der Waals surface area (Å²) in [6.45, 7) is 2.84. The third-order valence-electron chi connectivity index (χ3n) is 3.63. The molecule has 0 aliphatic carbocycles. The summed E-state index contributed by atoms with van der Waals surface area (Å²) in [5.41, 5.74) is 0. The van der Waals surface area contributed by atoms with Gasteiger partial charge in [0.05, 0.1) is 31.8 Å². The SMILES string of the molecule is BrCC1OCCO1.Oc1ccccc1S.Oc1ccccc1SCC1OCCO1. The standard InChI is InChI=1S/C10H12O3S.C6H6OS.C4H7BrO2/c11-8-3-1-2-4-9(8)14-7-10-12-5-6-13-10;7-5-3-1-2-4-6(5)8;5-3-4-6-1-2-7-4/h1-4,10-11H,5-7H2;1-4,7-8H;4H,1-3H2. The Morgan fingerprint density at radius 1 is 0.828 bits per heavy atom. The van der Waals surface area contributed by atoms with E-state index in [0.717, 1.165) is 29.2 Å². The summed E-state index contributed by atoms with van der Waals surface area (Å²) in [6, 6.07) is 14.2. The molecule has 2 heterocycles. The van der Waals surface area contributed by atoms with Crippen LogP contribution in [0.2, 0.25) is 0 Å². The summed E-state index contributed by atoms with van der Waals surface area (Å²) >= 11 is 8.72. The van der Waals surface area contributed by atoms with Gasteiger partial charge >= 0.3 is 0 Å². The molecule has 2 aromatic carbocycles. The molecule has 0 bridgehead atoms. The number of halogens is 1. The zero-order valence-corrected chi connectivity index (χ0v) is 19.1. The summed E-state index contributed by atoms with van der Waals surface area (Å²) in [5, 5.41) is 19.1. The molecule has 9 heteroatoms. The van der Waals surface area contributed by atoms with Crippen molar-refractivity contribution in [3.05, 3.63) is 48.5 Å². The van der Waals surface area contributed by atoms with Crippen LogP contribution < -0.4 is 0 Å². The normalized spacial score (nSPS) is 16.6. The monoisotopic (exact) mass is 504 g/mol. The van der Waals surface area contributed by atoms with E-state index >= 15 is 0 Å². The quantitative estimate of drug-likeness (QED) is 0.325. The second-order valence-electron chi connectivity index (χ2n) is 5.76. The van der Waals surface area contributed by atoms with Crippen LogP contribution in [0.15, 0.2) is 58.3 Å². The highest BCUT2D eigenvalue weighted by molar-refractivity contribution is 9.09. The van der Waals surface area contributed by atoms with Crippen molar-refractivity contribution < 1.29 is 29.2 Å². The minimum Gasteiger partial charge on any atom is -0.507 e. The van der Waals surface area contributed by atoms with E-state index in [1.807, 2.05) is 24.3 Å². The molecular weight excluding hydrogens is 480 g/mol. The van der Waals surface area contributed by atoms with Gasteiger partial charge in [0.2, 0.25) is 0 Å². The molecule has 0 saturated carbocycles. The second-order valence-corrected chi connectivity index (χ2v) is 7.96. The van der Waals surface area contributed by atoms with Crippen LogP contribution in [0.25, 0.3) is 0 Å². The number of ether oxygens (including phenoxy) is 4. The zero-order valence-electron chi connectivity index (χ0n) is 15.8. The van der Waals surface area contributed by atoms with Crippen LogP contribution in [0.5, 0.6) is 11.5 Å². The lowest BCUT2D eigenvalue weighted by Gasteiger charge is -2.08. The number of rotatable bonds is 4. The Bertz CT molecular complexity index is 688. The lowest BCUT2D eigenvalue weighted by molar-refractivity contribution is -0.0215. The van der Waals surface area contributed by atoms with Gasteiger partial charge < -0.3 is 29.2 Å². The highest BCUT2D eigenvalue weighted by Gasteiger charge is 2.16. The fourth-order valence-corrected chi connectivity index (χ4v) is 3.63. The van der Waals surface area contributed by atoms with E-state index in [-0.39, 0.29) is 18.3 Å². The van der Waals surface area contributed by atoms with Crippen molar-refractivity contribution in [2.75, 3.05) is 37.5 Å². The van der Waals surface area contributed by atoms with Crippen molar-refractivity contribution in [1.29, 1.82) is 0 Å². The first-order valence-electron chi connectivity index (χ1n) is 9.00. The van der Waals surface area contributed by atoms with E-state index in [0.29, 0.717) is 23.9 Å². The molecule has 6 nitrogen and oxygen atoms in total. The average Bonchev–Trinajstić information content (AvgIpc) is 3.45. The molecule has 0 unspecified atom stereocenters. The number of hydrogen-bond acceptors (Lipinski definition) is 8. The van der Waals surface area contributed by atoms with Gasteiger partial charge in [-0.15, -0.1) is 24.4 Å². The van der Waals surface area contributed by atoms with Gasteiger partial charge in [0.25, 0.3) is 0 Å². The Morgan fingerprint density at radius 2 is 1.34 bits per heavy atom. The maximum atomic E-state index is 9.48. The Kier molecular flexibility index (Phi) is 11.9. The number of aromatic hydroxyl groups is 2. The number of benzene rings is 2. The second kappa shape index (κ2) is 14.1. The van der Waals surface area contributed by atoms with Gasteiger partial charge in [-0.2, -0.15) is 0 Å². The lowest BCUT2D eigenvalue weighted by Crippen LogP contribution is -2.10. The molecule has 2 saturated heterocycles. The van der Waals surface area contributed by atoms with Crippen molar-refractivity contribution in [2.45, 2.75) is 22.4 Å². The minimum atomic E-state index is -0.125. The van der Waals surface area contributed by atoms with Crippen molar-refractivity contribution >= 4 is 40.3 Å². The third-order valence-corrected chi connectivity index (χ3v) is 5.63. The van der Waals surface area contributed by atoms with Gasteiger partial charge in [-0.05, 0) is 24.3 Å². The molecule has 2 fully saturated rings. The number of para-hydroxylation sites is 2. The molecule has 0 amide bonds. The largest absolute Gasteiger partial charge is 0.507 e. The van der Waals surface area contributed by atoms with Gasteiger partial charge in [-0.3, -0.25) is 0 Å². The summed E-state index contributed by atoms with van der Waals surface area (Å²) in [7, 11) is 0. The predicted octanol–water partition coefficient (Wildman–Crippen LogP) is 4.29. The third kappa shape index (κ3) is 9.61. The van der Waals surface area contributed by atoms with E-state index in [9.17, 15) is 5.11 Å². The van der Waals surface area contributed by atoms with Crippen LogP contribution in [0.3, 0.4) is 0 Å². The van der Waals surface area contributed by atoms with Crippen molar-refractivity contribution in [1.82, 2.24) is 0 Å². The number of hydrogen-bond donors (Lipinski definition) is 3. The van der Waals surface area contributed by atoms with Crippen LogP contribution in [0, 0.1) is 0 Å². The first-order valence-corrected chi connectivity index (χ1v) is 11.6. The van der Waals surface area contributed by atoms with E-state index < -0.39 is 0 Å². The Morgan fingerprint density at radius 3 is 1.79 bits per heavy atom. The molecule has 0 spiro atoms. The number of alkyl halides is 1. The molecule has 0 atom stereocenters. The molecular formula is C20H25BrO6S2. The molecule has 4 rings (SSSR count). The summed E-state index contributed by atoms with van der Waals surface area (Å²) in [6.07, 6.45) is -0.111. The first kappa shape index (κ1) is 24.3. The van der Waals surface area contributed by atoms with Gasteiger partial charge in [0.15, 0.2) is 12.6 Å². The predicted molar refractivity (Wildman–Crippen MR) is 119 cm³/mol. The molecule has 29 heavy (non-hydrogen) atoms. The molecule has 2 aliphatic heterocycles. The highest BCUT2D eigenvalue weighted by atomic mass is 79.9. The Hall–Kier alpha value is -0.940. The Balaban J connectivity index is 0.000000170. The van der Waals surface area contributed by atoms with E-state index in [2.05, 4.69) is 28.6 Å². The van der Waals surface area contributed by atoms with E-state index in [1.54, 1.807) is 36.0 Å². The zero-order chi connectivity index (χ0) is 20.9. The van der Waals surface area contributed by atoms with Crippen LogP contribution >= 0.6 is 40.3 Å². The van der Waals surface area contributed by atoms with Crippen molar-refractivity contribution in [3.8, 4) is 11.5 Å². The minimum absolute atomic E-state index is 0.0139. The van der Waals surface area contributed by atoms with E-state index in [4.69, 9.17) is 24.1 Å². The van der Waals surface area contributed by atoms with Gasteiger partial charge in [0.1, 0.15) is 11.5 Å². The van der Waals surface area contributed by atoms with Crippen LogP contribution in [-0.2, 0) is 18.9 Å². The molecule has 160 valence electrons. The van der Waals surface area contributed by atoms with Crippen LogP contribution in [0.4, 0.5) is 0 Å². The molecule has 2 aliphatic rings. The van der Waals surface area contributed by atoms with Gasteiger partial charge in [0, 0.05) is 15.5 Å². The molecule has 0 radical (unpaired) electrons. The number of phenols is 2. The van der Waals surface area contributed by atoms with Crippen molar-refractivity contribution in [2.24, 2.45) is 0 Å². The topological polar surface area (TPSA) is 77.4 Å². The fourth-order valence-electron chi connectivity index (χ4n) is 2.20. The fraction of sp³-hybridized carbons (Fsp3) is 0.400. The molecule has 2 N–H and O–H groups in total. The number of phenolic OH excluding ortho intramolecular Hbond substituents is 2. The van der Waals surface area contributed by atoms with Gasteiger partial charge in [-0.25, -0.2) is 0 Å². The molecule has 0 aromatic heterocycles. The Labute approximate surface area is 189 Å². The van der Waals surface area contributed by atoms with Crippen LogP contribution in [0.1, 0.15) is 0 Å². The maximum Gasteiger partial charge on any atom is 0.167 e. The van der Waals surface area contributed by atoms with E-state index in [1.165, 1.54) is 0 Å².